The van der Waals surface area contributed by atoms with E-state index >= 15 is 0 Å². The van der Waals surface area contributed by atoms with E-state index in [9.17, 15) is 9.59 Å². The Balaban J connectivity index is 2.20. The van der Waals surface area contributed by atoms with Crippen LogP contribution in [0.1, 0.15) is 6.42 Å². The molecule has 0 atom stereocenters. The van der Waals surface area contributed by atoms with Crippen molar-refractivity contribution in [2.45, 2.75) is 6.42 Å². The molecule has 0 aliphatic carbocycles. The van der Waals surface area contributed by atoms with E-state index in [1.54, 1.807) is 24.3 Å². The third-order valence-electron chi connectivity index (χ3n) is 2.45. The second-order valence-electron chi connectivity index (χ2n) is 4.10. The molecule has 2 N–H and O–H groups in total. The van der Waals surface area contributed by atoms with Crippen molar-refractivity contribution in [1.82, 2.24) is 10.2 Å². The second kappa shape index (κ2) is 8.27. The zero-order chi connectivity index (χ0) is 15.0. The molecule has 0 saturated carbocycles. The maximum atomic E-state index is 11.6. The molecule has 0 unspecified atom stereocenters. The number of carboxylic acid groups (broad SMARTS) is 1. The first-order chi connectivity index (χ1) is 9.49. The van der Waals surface area contributed by atoms with Crippen LogP contribution in [0.2, 0.25) is 5.02 Å². The number of benzene rings is 1. The minimum atomic E-state index is -0.936. The summed E-state index contributed by atoms with van der Waals surface area (Å²) < 4.78 is 5.40. The molecule has 2 amide bonds. The third kappa shape index (κ3) is 6.29. The predicted octanol–water partition coefficient (Wildman–Crippen LogP) is 1.83. The van der Waals surface area contributed by atoms with Crippen LogP contribution >= 0.6 is 11.6 Å². The number of carbonyl (C=O) groups excluding carboxylic acids is 1. The molecule has 1 aromatic rings. The van der Waals surface area contributed by atoms with Crippen LogP contribution in [-0.4, -0.2) is 48.8 Å². The van der Waals surface area contributed by atoms with Crippen LogP contribution in [-0.2, 0) is 4.79 Å². The molecule has 20 heavy (non-hydrogen) atoms. The van der Waals surface area contributed by atoms with E-state index in [-0.39, 0.29) is 19.0 Å². The van der Waals surface area contributed by atoms with Gasteiger partial charge in [0.05, 0.1) is 13.0 Å². The highest BCUT2D eigenvalue weighted by Crippen LogP contribution is 2.16. The molecule has 110 valence electrons. The summed E-state index contributed by atoms with van der Waals surface area (Å²) in [5.74, 6) is -0.306. The summed E-state index contributed by atoms with van der Waals surface area (Å²) in [6, 6.07) is 6.64. The molecule has 0 heterocycles. The minimum Gasteiger partial charge on any atom is -0.492 e. The highest BCUT2D eigenvalue weighted by atomic mass is 35.5. The van der Waals surface area contributed by atoms with Crippen LogP contribution in [0.15, 0.2) is 24.3 Å². The van der Waals surface area contributed by atoms with Crippen molar-refractivity contribution in [2.75, 3.05) is 26.7 Å². The molecule has 0 aliphatic heterocycles. The van der Waals surface area contributed by atoms with Crippen molar-refractivity contribution < 1.29 is 19.4 Å². The highest BCUT2D eigenvalue weighted by Gasteiger charge is 2.09. The minimum absolute atomic E-state index is 0.0804. The number of nitrogens with one attached hydrogen (secondary N) is 1. The number of urea groups is 1. The number of nitrogens with zero attached hydrogens (tertiary/aromatic N) is 1. The lowest BCUT2D eigenvalue weighted by atomic mass is 10.3. The molecule has 1 rings (SSSR count). The molecule has 0 fully saturated rings. The number of carboxylic acids is 1. The summed E-state index contributed by atoms with van der Waals surface area (Å²) in [5.41, 5.74) is 0. The average Bonchev–Trinajstić information content (AvgIpc) is 2.40. The maximum absolute atomic E-state index is 11.6. The van der Waals surface area contributed by atoms with Gasteiger partial charge in [0.15, 0.2) is 0 Å². The van der Waals surface area contributed by atoms with Crippen molar-refractivity contribution in [3.63, 3.8) is 0 Å². The van der Waals surface area contributed by atoms with Gasteiger partial charge >= 0.3 is 12.0 Å². The monoisotopic (exact) mass is 300 g/mol. The number of carbonyl (C=O) groups is 2. The fraction of sp³-hybridized carbons (Fsp3) is 0.385. The lowest BCUT2D eigenvalue weighted by molar-refractivity contribution is -0.137. The Labute approximate surface area is 122 Å². The van der Waals surface area contributed by atoms with Gasteiger partial charge in [0.25, 0.3) is 0 Å². The van der Waals surface area contributed by atoms with Gasteiger partial charge in [-0.15, -0.1) is 0 Å². The Hall–Kier alpha value is -1.95. The highest BCUT2D eigenvalue weighted by molar-refractivity contribution is 6.30. The van der Waals surface area contributed by atoms with Crippen molar-refractivity contribution in [3.05, 3.63) is 29.3 Å². The molecule has 0 aliphatic rings. The van der Waals surface area contributed by atoms with Gasteiger partial charge in [-0.25, -0.2) is 4.79 Å². The number of hydrogen-bond acceptors (Lipinski definition) is 3. The summed E-state index contributed by atoms with van der Waals surface area (Å²) in [5, 5.41) is 11.7. The van der Waals surface area contributed by atoms with E-state index in [4.69, 9.17) is 21.4 Å². The third-order valence-corrected chi connectivity index (χ3v) is 2.69. The Morgan fingerprint density at radius 2 is 2.20 bits per heavy atom. The first-order valence-electron chi connectivity index (χ1n) is 6.08. The molecule has 0 aromatic heterocycles. The summed E-state index contributed by atoms with van der Waals surface area (Å²) in [6.45, 7) is 0.790. The van der Waals surface area contributed by atoms with Crippen LogP contribution in [0.25, 0.3) is 0 Å². The summed E-state index contributed by atoms with van der Waals surface area (Å²) in [4.78, 5) is 23.3. The Bertz CT molecular complexity index is 467. The Kier molecular flexibility index (Phi) is 6.66. The standard InChI is InChI=1S/C13H17ClN2O4/c1-16(7-5-12(17)18)13(19)15-6-8-20-11-4-2-3-10(14)9-11/h2-4,9H,5-8H2,1H3,(H,15,19)(H,17,18). The zero-order valence-electron chi connectivity index (χ0n) is 11.1. The van der Waals surface area contributed by atoms with Crippen molar-refractivity contribution >= 4 is 23.6 Å². The number of ether oxygens (including phenoxy) is 1. The lowest BCUT2D eigenvalue weighted by Gasteiger charge is -2.17. The maximum Gasteiger partial charge on any atom is 0.317 e. The van der Waals surface area contributed by atoms with Crippen LogP contribution in [0.3, 0.4) is 0 Å². The quantitative estimate of drug-likeness (QED) is 0.753. The number of amides is 2. The number of halogens is 1. The summed E-state index contributed by atoms with van der Waals surface area (Å²) in [7, 11) is 1.54. The van der Waals surface area contributed by atoms with E-state index in [1.165, 1.54) is 11.9 Å². The van der Waals surface area contributed by atoms with Gasteiger partial charge in [-0.2, -0.15) is 0 Å². The van der Waals surface area contributed by atoms with Gasteiger partial charge in [-0.3, -0.25) is 4.79 Å². The molecule has 7 heteroatoms. The van der Waals surface area contributed by atoms with E-state index in [0.29, 0.717) is 23.9 Å². The van der Waals surface area contributed by atoms with E-state index in [1.807, 2.05) is 0 Å². The fourth-order valence-electron chi connectivity index (χ4n) is 1.38. The molecular formula is C13H17ClN2O4. The molecule has 0 radical (unpaired) electrons. The second-order valence-corrected chi connectivity index (χ2v) is 4.54. The first-order valence-corrected chi connectivity index (χ1v) is 6.46. The fourth-order valence-corrected chi connectivity index (χ4v) is 1.56. The molecule has 0 saturated heterocycles. The molecule has 1 aromatic carbocycles. The number of hydrogen-bond donors (Lipinski definition) is 2. The van der Waals surface area contributed by atoms with Gasteiger partial charge in [0, 0.05) is 18.6 Å². The van der Waals surface area contributed by atoms with Gasteiger partial charge in [0.1, 0.15) is 12.4 Å². The zero-order valence-corrected chi connectivity index (χ0v) is 11.9. The van der Waals surface area contributed by atoms with Gasteiger partial charge in [0.2, 0.25) is 0 Å². The SMILES string of the molecule is CN(CCC(=O)O)C(=O)NCCOc1cccc(Cl)c1. The van der Waals surface area contributed by atoms with Gasteiger partial charge in [-0.1, -0.05) is 17.7 Å². The van der Waals surface area contributed by atoms with Crippen LogP contribution < -0.4 is 10.1 Å². The largest absolute Gasteiger partial charge is 0.492 e. The van der Waals surface area contributed by atoms with Crippen LogP contribution in [0.4, 0.5) is 4.79 Å². The Morgan fingerprint density at radius 3 is 2.85 bits per heavy atom. The van der Waals surface area contributed by atoms with Crippen LogP contribution in [0, 0.1) is 0 Å². The van der Waals surface area contributed by atoms with Gasteiger partial charge < -0.3 is 20.1 Å². The molecule has 0 bridgehead atoms. The molecule has 0 spiro atoms. The molecule has 6 nitrogen and oxygen atoms in total. The van der Waals surface area contributed by atoms with Crippen molar-refractivity contribution in [3.8, 4) is 5.75 Å². The van der Waals surface area contributed by atoms with E-state index < -0.39 is 5.97 Å². The van der Waals surface area contributed by atoms with E-state index in [0.717, 1.165) is 0 Å². The topological polar surface area (TPSA) is 78.9 Å². The first kappa shape index (κ1) is 16.1. The number of aliphatic carboxylic acids is 1. The van der Waals surface area contributed by atoms with Gasteiger partial charge in [-0.05, 0) is 18.2 Å². The Morgan fingerprint density at radius 1 is 1.45 bits per heavy atom. The number of rotatable bonds is 7. The predicted molar refractivity (Wildman–Crippen MR) is 75.2 cm³/mol. The summed E-state index contributed by atoms with van der Waals surface area (Å²) in [6.07, 6.45) is -0.0804. The van der Waals surface area contributed by atoms with Crippen LogP contribution in [0.5, 0.6) is 5.75 Å². The smallest absolute Gasteiger partial charge is 0.317 e. The lowest BCUT2D eigenvalue weighted by Crippen LogP contribution is -2.40. The summed E-state index contributed by atoms with van der Waals surface area (Å²) >= 11 is 5.81. The van der Waals surface area contributed by atoms with Crippen molar-refractivity contribution in [1.29, 1.82) is 0 Å². The molecular weight excluding hydrogens is 284 g/mol. The normalized spacial score (nSPS) is 9.90. The van der Waals surface area contributed by atoms with E-state index in [2.05, 4.69) is 5.32 Å². The average molecular weight is 301 g/mol. The van der Waals surface area contributed by atoms with Crippen molar-refractivity contribution in [2.24, 2.45) is 0 Å².